The molecule has 2 aromatic carbocycles. The highest BCUT2D eigenvalue weighted by atomic mass is 16.2. The minimum Gasteiger partial charge on any atom is -0.343 e. The highest BCUT2D eigenvalue weighted by Crippen LogP contribution is 2.24. The Morgan fingerprint density at radius 3 is 1.01 bits per heavy atom. The fourth-order valence-electron chi connectivity index (χ4n) is 11.8. The Bertz CT molecular complexity index is 2510. The number of benzene rings is 2. The van der Waals surface area contributed by atoms with Gasteiger partial charge in [-0.15, -0.1) is 0 Å². The molecular formula is C66H106N12O10+2. The minimum absolute atomic E-state index is 0.0416. The predicted octanol–water partition coefficient (Wildman–Crippen LogP) is 2.72. The number of quaternary nitrogens is 2. The second kappa shape index (κ2) is 33.0. The number of nitrogens with one attached hydrogen (secondary N) is 8. The summed E-state index contributed by atoms with van der Waals surface area (Å²) in [5.74, 6) is -7.38. The fraction of sp³-hybridized carbons (Fsp3) is 0.667. The lowest BCUT2D eigenvalue weighted by Gasteiger charge is -2.33. The monoisotopic (exact) mass is 1230 g/mol. The second-order valence-corrected chi connectivity index (χ2v) is 28.2. The number of carbonyl (C=O) groups is 10. The van der Waals surface area contributed by atoms with Gasteiger partial charge in [0.15, 0.2) is 0 Å². The maximum atomic E-state index is 15.1. The summed E-state index contributed by atoms with van der Waals surface area (Å²) >= 11 is 0. The van der Waals surface area contributed by atoms with E-state index in [4.69, 9.17) is 0 Å². The lowest BCUT2D eigenvalue weighted by Crippen LogP contribution is -2.62. The van der Waals surface area contributed by atoms with Crippen LogP contribution in [0.1, 0.15) is 131 Å². The molecular weight excluding hydrogens is 1120 g/mol. The van der Waals surface area contributed by atoms with Crippen molar-refractivity contribution in [2.75, 3.05) is 68.5 Å². The third-order valence-electron chi connectivity index (χ3n) is 16.6. The van der Waals surface area contributed by atoms with Gasteiger partial charge in [0.05, 0.1) is 55.4 Å². The van der Waals surface area contributed by atoms with Crippen molar-refractivity contribution in [1.29, 1.82) is 0 Å². The van der Waals surface area contributed by atoms with E-state index >= 15 is 9.59 Å². The van der Waals surface area contributed by atoms with E-state index < -0.39 is 131 Å². The third-order valence-corrected chi connectivity index (χ3v) is 16.6. The van der Waals surface area contributed by atoms with Crippen molar-refractivity contribution in [2.24, 2.45) is 23.7 Å². The van der Waals surface area contributed by atoms with Crippen molar-refractivity contribution in [3.63, 3.8) is 0 Å². The summed E-state index contributed by atoms with van der Waals surface area (Å²) in [5.41, 5.74) is 1.45. The molecule has 0 aromatic heterocycles. The van der Waals surface area contributed by atoms with Gasteiger partial charge >= 0.3 is 0 Å². The molecule has 3 aliphatic rings. The largest absolute Gasteiger partial charge is 0.343 e. The van der Waals surface area contributed by atoms with Crippen molar-refractivity contribution in [1.82, 2.24) is 52.3 Å². The third kappa shape index (κ3) is 22.3. The summed E-state index contributed by atoms with van der Waals surface area (Å²) in [6.45, 7) is 16.2. The quantitative estimate of drug-likeness (QED) is 0.101. The van der Waals surface area contributed by atoms with Crippen molar-refractivity contribution in [3.8, 4) is 0 Å². The molecule has 8 N–H and O–H groups in total. The molecule has 0 bridgehead atoms. The normalized spacial score (nSPS) is 26.0. The van der Waals surface area contributed by atoms with Gasteiger partial charge in [0.2, 0.25) is 59.1 Å². The first-order valence-electron chi connectivity index (χ1n) is 32.0. The van der Waals surface area contributed by atoms with Crippen LogP contribution in [0.4, 0.5) is 0 Å². The van der Waals surface area contributed by atoms with Gasteiger partial charge in [-0.25, -0.2) is 0 Å². The molecule has 3 saturated heterocycles. The number of carbonyl (C=O) groups excluding carboxylic acids is 10. The van der Waals surface area contributed by atoms with Crippen LogP contribution in [-0.2, 0) is 60.8 Å². The molecule has 10 atom stereocenters. The first-order chi connectivity index (χ1) is 41.3. The standard InChI is InChI=1S/C66H104N12O10/c1-41(2)37-49-59(81)71-51(39-45-25-17-15-18-26-45)65(87)75-33-21-31-53(75)61(83)74-56(44(7)8)64(86)68-48(30-24-36-78(12,13)14)58(80)70-50(38-42(3)4)60(82)72-52(40-46-27-19-16-20-28-46)66(88)76-34-22-32-54(76)62(84)73-55(43(5)6)63(85)67-47(57(79)69-49)29-23-35-77(9,10)11/h15-20,25-28,41-44,47-56H,21-24,29-40H2,1-14H3,(H6-2,67,68,69,70,71,72,73,74,79,80,81,82,83,84,85,86)/p+2/t47-,48-,49+,50+,51-,52+,53+,54+,55+,56+/m1/s1. The average Bonchev–Trinajstić information content (AvgIpc) is 4.06. The smallest absolute Gasteiger partial charge is 0.246 e. The molecule has 0 unspecified atom stereocenters. The summed E-state index contributed by atoms with van der Waals surface area (Å²) in [7, 11) is 12.0. The minimum atomic E-state index is -1.21. The molecule has 88 heavy (non-hydrogen) atoms. The van der Waals surface area contributed by atoms with Crippen LogP contribution in [0.2, 0.25) is 0 Å². The van der Waals surface area contributed by atoms with Crippen LogP contribution in [0.3, 0.4) is 0 Å². The molecule has 22 nitrogen and oxygen atoms in total. The van der Waals surface area contributed by atoms with Gasteiger partial charge in [0.25, 0.3) is 0 Å². The van der Waals surface area contributed by atoms with E-state index in [9.17, 15) is 38.4 Å². The number of nitrogens with zero attached hydrogens (tertiary/aromatic N) is 4. The Kier molecular flexibility index (Phi) is 27.0. The van der Waals surface area contributed by atoms with E-state index in [0.29, 0.717) is 47.7 Å². The van der Waals surface area contributed by atoms with E-state index in [1.165, 1.54) is 9.80 Å². The molecule has 3 aliphatic heterocycles. The Morgan fingerprint density at radius 1 is 0.398 bits per heavy atom. The molecule has 488 valence electrons. The van der Waals surface area contributed by atoms with Crippen LogP contribution in [0, 0.1) is 23.7 Å². The van der Waals surface area contributed by atoms with E-state index in [0.717, 1.165) is 11.1 Å². The molecule has 0 radical (unpaired) electrons. The van der Waals surface area contributed by atoms with E-state index in [1.54, 1.807) is 27.7 Å². The van der Waals surface area contributed by atoms with Gasteiger partial charge in [-0.3, -0.25) is 47.9 Å². The first kappa shape index (κ1) is 71.8. The second-order valence-electron chi connectivity index (χ2n) is 28.2. The molecule has 10 amide bonds. The summed E-state index contributed by atoms with van der Waals surface area (Å²) in [6, 6.07) is 6.70. The molecule has 3 fully saturated rings. The SMILES string of the molecule is CC(C)C[C@@H]1NC(=O)[C@@H](CCC[N+](C)(C)C)NC(=O)[C@H](C(C)C)NC(=O)[C@@H]2CCCN2C(=O)[C@H](Cc2ccccc2)NC(=O)[C@H](CC(C)C)NC(=O)[C@@H](CCC[N+](C)(C)C)NC(=O)[C@H](C(C)C)NC(=O)[C@@H]2CCCN2C(=O)[C@@H](Cc2ccccc2)NC1=O. The fourth-order valence-corrected chi connectivity index (χ4v) is 11.8. The van der Waals surface area contributed by atoms with Gasteiger partial charge in [-0.05, 0) is 99.0 Å². The molecule has 2 aromatic rings. The van der Waals surface area contributed by atoms with E-state index in [2.05, 4.69) is 42.5 Å². The number of amides is 10. The molecule has 0 spiro atoms. The maximum Gasteiger partial charge on any atom is 0.246 e. The van der Waals surface area contributed by atoms with Crippen LogP contribution in [-0.4, -0.2) is 207 Å². The zero-order chi connectivity index (χ0) is 65.2. The first-order valence-corrected chi connectivity index (χ1v) is 32.0. The van der Waals surface area contributed by atoms with Gasteiger partial charge < -0.3 is 61.3 Å². The zero-order valence-electron chi connectivity index (χ0n) is 55.0. The summed E-state index contributed by atoms with van der Waals surface area (Å²) < 4.78 is 1.13. The zero-order valence-corrected chi connectivity index (χ0v) is 55.0. The Labute approximate surface area is 523 Å². The van der Waals surface area contributed by atoms with Crippen molar-refractivity contribution in [3.05, 3.63) is 71.8 Å². The van der Waals surface area contributed by atoms with Gasteiger partial charge in [-0.2, -0.15) is 0 Å². The van der Waals surface area contributed by atoms with Crippen LogP contribution >= 0.6 is 0 Å². The number of hydrogen-bond acceptors (Lipinski definition) is 10. The highest BCUT2D eigenvalue weighted by Gasteiger charge is 2.43. The number of fused-ring (bicyclic) bond motifs is 2. The average molecular weight is 1230 g/mol. The van der Waals surface area contributed by atoms with E-state index in [1.807, 2.05) is 131 Å². The Balaban J connectivity index is 1.62. The Morgan fingerprint density at radius 2 is 0.705 bits per heavy atom. The molecule has 22 heteroatoms. The van der Waals surface area contributed by atoms with Crippen molar-refractivity contribution < 1.29 is 56.9 Å². The molecule has 3 heterocycles. The van der Waals surface area contributed by atoms with Gasteiger partial charge in [-0.1, -0.05) is 116 Å². The summed E-state index contributed by atoms with van der Waals surface area (Å²) in [5, 5.41) is 23.5. The number of rotatable bonds is 18. The molecule has 0 aliphatic carbocycles. The Hall–Kier alpha value is -6.94. The molecule has 0 saturated carbocycles. The topological polar surface area (TPSA) is 273 Å². The maximum absolute atomic E-state index is 15.1. The lowest BCUT2D eigenvalue weighted by atomic mass is 9.98. The van der Waals surface area contributed by atoms with E-state index in [-0.39, 0.29) is 76.3 Å². The number of hydrogen-bond donors (Lipinski definition) is 8. The van der Waals surface area contributed by atoms with Crippen LogP contribution in [0.25, 0.3) is 0 Å². The summed E-state index contributed by atoms with van der Waals surface area (Å²) in [6.07, 6.45) is 3.14. The van der Waals surface area contributed by atoms with Crippen LogP contribution < -0.4 is 42.5 Å². The van der Waals surface area contributed by atoms with Gasteiger partial charge in [0, 0.05) is 25.9 Å². The lowest BCUT2D eigenvalue weighted by molar-refractivity contribution is -0.870. The predicted molar refractivity (Wildman–Crippen MR) is 338 cm³/mol. The van der Waals surface area contributed by atoms with Crippen molar-refractivity contribution in [2.45, 2.75) is 193 Å². The van der Waals surface area contributed by atoms with Gasteiger partial charge in [0.1, 0.15) is 60.4 Å². The van der Waals surface area contributed by atoms with Crippen LogP contribution in [0.5, 0.6) is 0 Å². The van der Waals surface area contributed by atoms with Crippen molar-refractivity contribution >= 4 is 59.1 Å². The summed E-state index contributed by atoms with van der Waals surface area (Å²) in [4.78, 5) is 151. The highest BCUT2D eigenvalue weighted by molar-refractivity contribution is 6.00. The van der Waals surface area contributed by atoms with Crippen LogP contribution in [0.15, 0.2) is 60.7 Å². The molecule has 5 rings (SSSR count).